The predicted molar refractivity (Wildman–Crippen MR) is 54.1 cm³/mol. The van der Waals surface area contributed by atoms with Gasteiger partial charge < -0.3 is 20.7 Å². The summed E-state index contributed by atoms with van der Waals surface area (Å²) in [7, 11) is 0. The molecule has 0 aromatic heterocycles. The molecule has 1 aliphatic heterocycles. The smallest absolute Gasteiger partial charge is 0.409 e. The van der Waals surface area contributed by atoms with Gasteiger partial charge in [0.25, 0.3) is 0 Å². The van der Waals surface area contributed by atoms with E-state index >= 15 is 0 Å². The molecule has 82 valence electrons. The first-order valence-corrected chi connectivity index (χ1v) is 5.13. The van der Waals surface area contributed by atoms with Crippen LogP contribution >= 0.6 is 0 Å². The number of nitrogens with zero attached hydrogens (tertiary/aromatic N) is 1. The van der Waals surface area contributed by atoms with Crippen LogP contribution in [0.3, 0.4) is 0 Å². The molecule has 0 aliphatic carbocycles. The van der Waals surface area contributed by atoms with Gasteiger partial charge in [0.15, 0.2) is 0 Å². The first kappa shape index (κ1) is 11.3. The highest BCUT2D eigenvalue weighted by molar-refractivity contribution is 5.68. The van der Waals surface area contributed by atoms with Crippen LogP contribution < -0.4 is 11.1 Å². The zero-order valence-corrected chi connectivity index (χ0v) is 8.66. The topological polar surface area (TPSA) is 67.6 Å². The number of nitrogens with one attached hydrogen (secondary N) is 1. The maximum absolute atomic E-state index is 11.3. The van der Waals surface area contributed by atoms with Crippen molar-refractivity contribution in [3.63, 3.8) is 0 Å². The summed E-state index contributed by atoms with van der Waals surface area (Å²) in [5, 5.41) is 3.28. The zero-order valence-electron chi connectivity index (χ0n) is 8.66. The number of rotatable bonds is 4. The lowest BCUT2D eigenvalue weighted by Crippen LogP contribution is -2.37. The minimum Gasteiger partial charge on any atom is -0.450 e. The third-order valence-electron chi connectivity index (χ3n) is 2.29. The Morgan fingerprint density at radius 3 is 3.14 bits per heavy atom. The lowest BCUT2D eigenvalue weighted by atomic mass is 10.3. The third kappa shape index (κ3) is 3.16. The fraction of sp³-hybridized carbons (Fsp3) is 0.889. The van der Waals surface area contributed by atoms with Crippen molar-refractivity contribution >= 4 is 6.09 Å². The van der Waals surface area contributed by atoms with E-state index in [0.29, 0.717) is 19.2 Å². The molecule has 5 nitrogen and oxygen atoms in total. The minimum atomic E-state index is -0.204. The molecule has 1 fully saturated rings. The van der Waals surface area contributed by atoms with Crippen LogP contribution in [-0.4, -0.2) is 49.8 Å². The lowest BCUT2D eigenvalue weighted by Gasteiger charge is -2.16. The molecular weight excluding hydrogens is 182 g/mol. The minimum absolute atomic E-state index is 0.204. The van der Waals surface area contributed by atoms with Crippen molar-refractivity contribution in [3.05, 3.63) is 0 Å². The van der Waals surface area contributed by atoms with Crippen molar-refractivity contribution in [2.24, 2.45) is 5.73 Å². The van der Waals surface area contributed by atoms with Crippen LogP contribution in [0.15, 0.2) is 0 Å². The van der Waals surface area contributed by atoms with Crippen molar-refractivity contribution in [3.8, 4) is 0 Å². The van der Waals surface area contributed by atoms with Crippen molar-refractivity contribution in [1.82, 2.24) is 10.2 Å². The van der Waals surface area contributed by atoms with Gasteiger partial charge in [0.2, 0.25) is 0 Å². The number of ether oxygens (including phenoxy) is 1. The second-order valence-corrected chi connectivity index (χ2v) is 3.37. The maximum Gasteiger partial charge on any atom is 0.409 e. The molecule has 1 unspecified atom stereocenters. The molecule has 0 saturated carbocycles. The van der Waals surface area contributed by atoms with Gasteiger partial charge in [-0.1, -0.05) is 0 Å². The van der Waals surface area contributed by atoms with E-state index in [1.54, 1.807) is 4.90 Å². The van der Waals surface area contributed by atoms with E-state index in [9.17, 15) is 4.79 Å². The summed E-state index contributed by atoms with van der Waals surface area (Å²) in [5.41, 5.74) is 5.38. The van der Waals surface area contributed by atoms with Gasteiger partial charge in [-0.2, -0.15) is 0 Å². The van der Waals surface area contributed by atoms with Crippen LogP contribution in [0.5, 0.6) is 0 Å². The Morgan fingerprint density at radius 2 is 2.50 bits per heavy atom. The number of hydrogen-bond acceptors (Lipinski definition) is 4. The fourth-order valence-corrected chi connectivity index (χ4v) is 1.59. The van der Waals surface area contributed by atoms with Gasteiger partial charge in [-0.05, 0) is 13.3 Å². The number of nitrogens with two attached hydrogens (primary N) is 1. The van der Waals surface area contributed by atoms with Gasteiger partial charge in [-0.25, -0.2) is 4.79 Å². The second kappa shape index (κ2) is 5.82. The Hall–Kier alpha value is -0.810. The molecule has 0 radical (unpaired) electrons. The molecule has 0 aromatic rings. The Morgan fingerprint density at radius 1 is 1.71 bits per heavy atom. The van der Waals surface area contributed by atoms with E-state index in [2.05, 4.69) is 5.32 Å². The Balaban J connectivity index is 2.22. The number of carbonyl (C=O) groups excluding carboxylic acids is 1. The first-order chi connectivity index (χ1) is 6.77. The number of carbonyl (C=O) groups is 1. The van der Waals surface area contributed by atoms with Gasteiger partial charge in [0, 0.05) is 32.2 Å². The van der Waals surface area contributed by atoms with Crippen LogP contribution in [0.1, 0.15) is 13.3 Å². The van der Waals surface area contributed by atoms with Crippen molar-refractivity contribution in [2.75, 3.05) is 32.8 Å². The average Bonchev–Trinajstić information content (AvgIpc) is 2.63. The summed E-state index contributed by atoms with van der Waals surface area (Å²) in [4.78, 5) is 13.0. The maximum atomic E-state index is 11.3. The Bertz CT molecular complexity index is 187. The van der Waals surface area contributed by atoms with Crippen LogP contribution in [-0.2, 0) is 4.74 Å². The molecule has 1 atom stereocenters. The number of hydrogen-bond donors (Lipinski definition) is 2. The molecule has 3 N–H and O–H groups in total. The molecule has 0 bridgehead atoms. The van der Waals surface area contributed by atoms with Gasteiger partial charge in [0.05, 0.1) is 6.61 Å². The van der Waals surface area contributed by atoms with Gasteiger partial charge in [-0.15, -0.1) is 0 Å². The molecular formula is C9H19N3O2. The van der Waals surface area contributed by atoms with Crippen LogP contribution in [0, 0.1) is 0 Å². The summed E-state index contributed by atoms with van der Waals surface area (Å²) in [6.45, 7) is 5.21. The molecule has 0 aromatic carbocycles. The van der Waals surface area contributed by atoms with E-state index in [0.717, 1.165) is 26.1 Å². The van der Waals surface area contributed by atoms with Crippen molar-refractivity contribution in [1.29, 1.82) is 0 Å². The highest BCUT2D eigenvalue weighted by Crippen LogP contribution is 2.09. The number of amides is 1. The molecule has 1 heterocycles. The van der Waals surface area contributed by atoms with Gasteiger partial charge >= 0.3 is 6.09 Å². The van der Waals surface area contributed by atoms with E-state index in [-0.39, 0.29) is 6.09 Å². The lowest BCUT2D eigenvalue weighted by molar-refractivity contribution is 0.115. The average molecular weight is 201 g/mol. The predicted octanol–water partition coefficient (Wildman–Crippen LogP) is -0.234. The fourth-order valence-electron chi connectivity index (χ4n) is 1.59. The van der Waals surface area contributed by atoms with E-state index in [1.165, 1.54) is 0 Å². The van der Waals surface area contributed by atoms with Gasteiger partial charge in [-0.3, -0.25) is 0 Å². The Kier molecular flexibility index (Phi) is 4.69. The summed E-state index contributed by atoms with van der Waals surface area (Å²) in [5.74, 6) is 0. The SMILES string of the molecule is CCOC(=O)N1CCC(NCCN)C1. The summed E-state index contributed by atoms with van der Waals surface area (Å²) < 4.78 is 4.91. The molecule has 1 rings (SSSR count). The van der Waals surface area contributed by atoms with E-state index in [1.807, 2.05) is 6.92 Å². The van der Waals surface area contributed by atoms with Crippen molar-refractivity contribution in [2.45, 2.75) is 19.4 Å². The first-order valence-electron chi connectivity index (χ1n) is 5.13. The third-order valence-corrected chi connectivity index (χ3v) is 2.29. The van der Waals surface area contributed by atoms with Gasteiger partial charge in [0.1, 0.15) is 0 Å². The van der Waals surface area contributed by atoms with Crippen LogP contribution in [0.2, 0.25) is 0 Å². The summed E-state index contributed by atoms with van der Waals surface area (Å²) in [6, 6.07) is 0.378. The molecule has 0 spiro atoms. The monoisotopic (exact) mass is 201 g/mol. The quantitative estimate of drug-likeness (QED) is 0.659. The molecule has 1 amide bonds. The highest BCUT2D eigenvalue weighted by Gasteiger charge is 2.26. The zero-order chi connectivity index (χ0) is 10.4. The largest absolute Gasteiger partial charge is 0.450 e. The molecule has 5 heteroatoms. The second-order valence-electron chi connectivity index (χ2n) is 3.37. The normalized spacial score (nSPS) is 21.3. The highest BCUT2D eigenvalue weighted by atomic mass is 16.6. The summed E-state index contributed by atoms with van der Waals surface area (Å²) >= 11 is 0. The molecule has 1 aliphatic rings. The van der Waals surface area contributed by atoms with E-state index in [4.69, 9.17) is 10.5 Å². The molecule has 1 saturated heterocycles. The standard InChI is InChI=1S/C9H19N3O2/c1-2-14-9(13)12-6-3-8(7-12)11-5-4-10/h8,11H,2-7,10H2,1H3. The van der Waals surface area contributed by atoms with Crippen molar-refractivity contribution < 1.29 is 9.53 Å². The van der Waals surface area contributed by atoms with Crippen LogP contribution in [0.25, 0.3) is 0 Å². The molecule has 14 heavy (non-hydrogen) atoms. The number of likely N-dealkylation sites (tertiary alicyclic amines) is 1. The summed E-state index contributed by atoms with van der Waals surface area (Å²) in [6.07, 6.45) is 0.781. The van der Waals surface area contributed by atoms with Crippen LogP contribution in [0.4, 0.5) is 4.79 Å². The van der Waals surface area contributed by atoms with E-state index < -0.39 is 0 Å². The Labute approximate surface area is 84.6 Å².